The largest absolute Gasteiger partial charge is 0.508 e. The summed E-state index contributed by atoms with van der Waals surface area (Å²) in [6.45, 7) is 5.59. The van der Waals surface area contributed by atoms with Crippen molar-refractivity contribution >= 4 is 22.9 Å². The first kappa shape index (κ1) is 24.1. The van der Waals surface area contributed by atoms with Crippen LogP contribution in [0.25, 0.3) is 28.2 Å². The first-order valence-electron chi connectivity index (χ1n) is 12.0. The highest BCUT2D eigenvalue weighted by atomic mass is 16.3. The van der Waals surface area contributed by atoms with E-state index in [0.717, 1.165) is 58.2 Å². The van der Waals surface area contributed by atoms with Gasteiger partial charge in [0.25, 0.3) is 0 Å². The van der Waals surface area contributed by atoms with E-state index in [2.05, 4.69) is 30.5 Å². The molecule has 0 fully saturated rings. The van der Waals surface area contributed by atoms with Crippen LogP contribution < -0.4 is 0 Å². The Morgan fingerprint density at radius 3 is 2.34 bits per heavy atom. The molecule has 0 bridgehead atoms. The number of carbonyl (C=O) groups excluding carboxylic acids is 1. The molecule has 0 spiro atoms. The second-order valence-electron chi connectivity index (χ2n) is 9.00. The molecule has 0 atom stereocenters. The minimum absolute atomic E-state index is 0.0126. The zero-order valence-corrected chi connectivity index (χ0v) is 20.5. The summed E-state index contributed by atoms with van der Waals surface area (Å²) >= 11 is 0. The van der Waals surface area contributed by atoms with Gasteiger partial charge < -0.3 is 19.7 Å². The normalized spacial score (nSPS) is 11.4. The molecule has 0 aliphatic heterocycles. The van der Waals surface area contributed by atoms with Gasteiger partial charge in [0.2, 0.25) is 5.91 Å². The van der Waals surface area contributed by atoms with Crippen molar-refractivity contribution in [1.82, 2.24) is 9.47 Å². The van der Waals surface area contributed by atoms with E-state index in [0.29, 0.717) is 6.54 Å². The molecular formula is C30H32N2O3. The molecule has 4 rings (SSSR count). The molecule has 0 aliphatic carbocycles. The number of aryl methyl sites for hydroxylation is 1. The van der Waals surface area contributed by atoms with Crippen molar-refractivity contribution in [3.8, 4) is 22.8 Å². The quantitative estimate of drug-likeness (QED) is 0.296. The molecule has 3 aromatic carbocycles. The van der Waals surface area contributed by atoms with Gasteiger partial charge in [-0.15, -0.1) is 0 Å². The van der Waals surface area contributed by atoms with Crippen molar-refractivity contribution in [2.24, 2.45) is 0 Å². The number of fused-ring (bicyclic) bond motifs is 1. The van der Waals surface area contributed by atoms with E-state index >= 15 is 0 Å². The van der Waals surface area contributed by atoms with Crippen molar-refractivity contribution in [2.45, 2.75) is 33.2 Å². The van der Waals surface area contributed by atoms with E-state index in [9.17, 15) is 15.0 Å². The first-order chi connectivity index (χ1) is 16.9. The molecule has 2 N–H and O–H groups in total. The Morgan fingerprint density at radius 2 is 1.66 bits per heavy atom. The van der Waals surface area contributed by atoms with Crippen LogP contribution in [0.1, 0.15) is 36.5 Å². The number of likely N-dealkylation sites (N-methyl/N-ethyl adjacent to an activating group) is 1. The van der Waals surface area contributed by atoms with Gasteiger partial charge >= 0.3 is 0 Å². The standard InChI is InChI=1S/C30H32N2O3/c1-4-5-18-31(3)29(35)17-10-22-6-8-23(9-7-22)20-32-28-16-15-26(34)19-27(28)21(2)30(32)24-11-13-25(33)14-12-24/h6-17,19,33-34H,4-5,18,20H2,1-3H3/b17-10+. The van der Waals surface area contributed by atoms with Crippen molar-refractivity contribution in [3.63, 3.8) is 0 Å². The third-order valence-corrected chi connectivity index (χ3v) is 6.40. The van der Waals surface area contributed by atoms with E-state index in [1.54, 1.807) is 35.2 Å². The molecule has 0 radical (unpaired) electrons. The molecular weight excluding hydrogens is 436 g/mol. The van der Waals surface area contributed by atoms with E-state index in [-0.39, 0.29) is 17.4 Å². The van der Waals surface area contributed by atoms with Crippen molar-refractivity contribution in [2.75, 3.05) is 13.6 Å². The maximum atomic E-state index is 12.3. The highest BCUT2D eigenvalue weighted by Gasteiger charge is 2.17. The number of rotatable bonds is 8. The minimum Gasteiger partial charge on any atom is -0.508 e. The van der Waals surface area contributed by atoms with Crippen LogP contribution in [0.15, 0.2) is 72.8 Å². The van der Waals surface area contributed by atoms with Crippen molar-refractivity contribution in [3.05, 3.63) is 89.5 Å². The summed E-state index contributed by atoms with van der Waals surface area (Å²) in [4.78, 5) is 14.0. The fourth-order valence-corrected chi connectivity index (χ4v) is 4.38. The van der Waals surface area contributed by atoms with Crippen LogP contribution in [0.4, 0.5) is 0 Å². The summed E-state index contributed by atoms with van der Waals surface area (Å²) in [6, 6.07) is 20.9. The molecule has 0 saturated heterocycles. The van der Waals surface area contributed by atoms with Crippen LogP contribution >= 0.6 is 0 Å². The molecule has 4 aromatic rings. The van der Waals surface area contributed by atoms with Crippen LogP contribution in [0, 0.1) is 6.92 Å². The van der Waals surface area contributed by atoms with Gasteiger partial charge in [0, 0.05) is 37.1 Å². The molecule has 1 amide bonds. The molecule has 0 unspecified atom stereocenters. The van der Waals surface area contributed by atoms with Gasteiger partial charge in [0.1, 0.15) is 11.5 Å². The number of unbranched alkanes of at least 4 members (excludes halogenated alkanes) is 1. The maximum absolute atomic E-state index is 12.3. The lowest BCUT2D eigenvalue weighted by molar-refractivity contribution is -0.124. The van der Waals surface area contributed by atoms with Crippen LogP contribution in [0.5, 0.6) is 11.5 Å². The number of hydrogen-bond donors (Lipinski definition) is 2. The van der Waals surface area contributed by atoms with Gasteiger partial charge in [-0.25, -0.2) is 0 Å². The topological polar surface area (TPSA) is 65.7 Å². The van der Waals surface area contributed by atoms with Gasteiger partial charge in [-0.05, 0) is 84.1 Å². The monoisotopic (exact) mass is 468 g/mol. The average molecular weight is 469 g/mol. The molecule has 0 saturated carbocycles. The van der Waals surface area contributed by atoms with E-state index in [1.165, 1.54) is 0 Å². The lowest BCUT2D eigenvalue weighted by Gasteiger charge is -2.14. The highest BCUT2D eigenvalue weighted by molar-refractivity contribution is 5.93. The Bertz CT molecular complexity index is 1350. The smallest absolute Gasteiger partial charge is 0.246 e. The third-order valence-electron chi connectivity index (χ3n) is 6.40. The number of amides is 1. The molecule has 180 valence electrons. The first-order valence-corrected chi connectivity index (χ1v) is 12.0. The van der Waals surface area contributed by atoms with Crippen LogP contribution in [0.2, 0.25) is 0 Å². The number of aromatic hydroxyl groups is 2. The van der Waals surface area contributed by atoms with Crippen molar-refractivity contribution in [1.29, 1.82) is 0 Å². The van der Waals surface area contributed by atoms with Gasteiger partial charge in [-0.3, -0.25) is 4.79 Å². The average Bonchev–Trinajstić information content (AvgIpc) is 3.12. The van der Waals surface area contributed by atoms with E-state index in [1.807, 2.05) is 43.5 Å². The van der Waals surface area contributed by atoms with Gasteiger partial charge in [-0.1, -0.05) is 37.6 Å². The maximum Gasteiger partial charge on any atom is 0.246 e. The predicted molar refractivity (Wildman–Crippen MR) is 143 cm³/mol. The summed E-state index contributed by atoms with van der Waals surface area (Å²) < 4.78 is 2.24. The number of benzene rings is 3. The minimum atomic E-state index is 0.0126. The number of aromatic nitrogens is 1. The van der Waals surface area contributed by atoms with Gasteiger partial charge in [0.05, 0.1) is 5.69 Å². The van der Waals surface area contributed by atoms with Crippen LogP contribution in [-0.2, 0) is 11.3 Å². The van der Waals surface area contributed by atoms with Crippen molar-refractivity contribution < 1.29 is 15.0 Å². The molecule has 1 aromatic heterocycles. The van der Waals surface area contributed by atoms with E-state index < -0.39 is 0 Å². The predicted octanol–water partition coefficient (Wildman–Crippen LogP) is 6.35. The lowest BCUT2D eigenvalue weighted by Crippen LogP contribution is -2.25. The molecule has 5 heteroatoms. The summed E-state index contributed by atoms with van der Waals surface area (Å²) in [5.74, 6) is 0.477. The fourth-order valence-electron chi connectivity index (χ4n) is 4.38. The van der Waals surface area contributed by atoms with E-state index in [4.69, 9.17) is 0 Å². The fraction of sp³-hybridized carbons (Fsp3) is 0.233. The molecule has 1 heterocycles. The second kappa shape index (κ2) is 10.5. The molecule has 5 nitrogen and oxygen atoms in total. The van der Waals surface area contributed by atoms with Gasteiger partial charge in [-0.2, -0.15) is 0 Å². The Kier molecular flexibility index (Phi) is 7.25. The Hall–Kier alpha value is -3.99. The Morgan fingerprint density at radius 1 is 0.971 bits per heavy atom. The van der Waals surface area contributed by atoms with Crippen LogP contribution in [0.3, 0.4) is 0 Å². The second-order valence-corrected chi connectivity index (χ2v) is 9.00. The van der Waals surface area contributed by atoms with Crippen LogP contribution in [-0.4, -0.2) is 39.2 Å². The third kappa shape index (κ3) is 5.40. The molecule has 0 aliphatic rings. The number of carbonyl (C=O) groups is 1. The summed E-state index contributed by atoms with van der Waals surface area (Å²) in [6.07, 6.45) is 5.55. The highest BCUT2D eigenvalue weighted by Crippen LogP contribution is 2.36. The number of nitrogens with zero attached hydrogens (tertiary/aromatic N) is 2. The lowest BCUT2D eigenvalue weighted by atomic mass is 10.1. The Labute approximate surface area is 206 Å². The summed E-state index contributed by atoms with van der Waals surface area (Å²) in [5.41, 5.74) is 6.26. The summed E-state index contributed by atoms with van der Waals surface area (Å²) in [5, 5.41) is 20.8. The Balaban J connectivity index is 1.62. The number of hydrogen-bond acceptors (Lipinski definition) is 3. The summed E-state index contributed by atoms with van der Waals surface area (Å²) in [7, 11) is 1.83. The zero-order chi connectivity index (χ0) is 24.9. The molecule has 35 heavy (non-hydrogen) atoms. The number of phenols is 2. The van der Waals surface area contributed by atoms with Gasteiger partial charge in [0.15, 0.2) is 0 Å². The number of phenolic OH excluding ortho intramolecular Hbond substituents is 2. The zero-order valence-electron chi connectivity index (χ0n) is 20.5. The SMILES string of the molecule is CCCCN(C)C(=O)/C=C/c1ccc(Cn2c(-c3ccc(O)cc3)c(C)c3cc(O)ccc32)cc1.